The average Bonchev–Trinajstić information content (AvgIpc) is 2.68. The monoisotopic (exact) mass is 220 g/mol. The smallest absolute Gasteiger partial charge is 0.139 e. The van der Waals surface area contributed by atoms with Gasteiger partial charge in [-0.3, -0.25) is 0 Å². The summed E-state index contributed by atoms with van der Waals surface area (Å²) in [6, 6.07) is 5.90. The lowest BCUT2D eigenvalue weighted by Crippen LogP contribution is -2.26. The van der Waals surface area contributed by atoms with Crippen molar-refractivity contribution in [3.8, 4) is 0 Å². The summed E-state index contributed by atoms with van der Waals surface area (Å²) in [5, 5.41) is 3.28. The van der Waals surface area contributed by atoms with Crippen LogP contribution in [0, 0.1) is 5.82 Å². The fraction of sp³-hybridized carbons (Fsp3) is 0.385. The Morgan fingerprint density at radius 1 is 1.38 bits per heavy atom. The largest absolute Gasteiger partial charge is 0.321 e. The van der Waals surface area contributed by atoms with E-state index in [2.05, 4.69) is 18.3 Å². The first-order valence-electron chi connectivity index (χ1n) is 5.67. The van der Waals surface area contributed by atoms with Crippen molar-refractivity contribution >= 4 is 5.52 Å². The first kappa shape index (κ1) is 11.1. The van der Waals surface area contributed by atoms with E-state index >= 15 is 0 Å². The highest BCUT2D eigenvalue weighted by atomic mass is 19.1. The van der Waals surface area contributed by atoms with Gasteiger partial charge in [0.15, 0.2) is 0 Å². The van der Waals surface area contributed by atoms with Gasteiger partial charge in [-0.1, -0.05) is 6.92 Å². The fourth-order valence-corrected chi connectivity index (χ4v) is 2.03. The van der Waals surface area contributed by atoms with Gasteiger partial charge in [-0.2, -0.15) is 0 Å². The van der Waals surface area contributed by atoms with Crippen LogP contribution in [0.3, 0.4) is 0 Å². The quantitative estimate of drug-likeness (QED) is 0.837. The third kappa shape index (κ3) is 2.09. The molecular weight excluding hydrogens is 203 g/mol. The predicted molar refractivity (Wildman–Crippen MR) is 64.2 cm³/mol. The maximum absolute atomic E-state index is 13.0. The van der Waals surface area contributed by atoms with Crippen LogP contribution in [0.4, 0.5) is 4.39 Å². The highest BCUT2D eigenvalue weighted by molar-refractivity contribution is 5.55. The van der Waals surface area contributed by atoms with E-state index in [1.807, 2.05) is 23.7 Å². The molecule has 16 heavy (non-hydrogen) atoms. The van der Waals surface area contributed by atoms with Gasteiger partial charge < -0.3 is 9.72 Å². The SMILES string of the molecule is CCC(Cc1ccn2cc(F)ccc12)NC. The maximum Gasteiger partial charge on any atom is 0.139 e. The molecule has 2 rings (SSSR count). The molecule has 2 aromatic rings. The Morgan fingerprint density at radius 3 is 2.88 bits per heavy atom. The molecule has 1 N–H and O–H groups in total. The number of halogens is 1. The standard InChI is InChI=1S/C13H17FN2/c1-3-12(15-2)8-10-6-7-16-9-11(14)4-5-13(10)16/h4-7,9,12,15H,3,8H2,1-2H3. The van der Waals surface area contributed by atoms with E-state index in [-0.39, 0.29) is 5.82 Å². The van der Waals surface area contributed by atoms with Gasteiger partial charge in [-0.25, -0.2) is 4.39 Å². The molecule has 0 bridgehead atoms. The number of fused-ring (bicyclic) bond motifs is 1. The van der Waals surface area contributed by atoms with Gasteiger partial charge in [0.1, 0.15) is 5.82 Å². The molecule has 0 fully saturated rings. The van der Waals surface area contributed by atoms with Gasteiger partial charge in [0.05, 0.1) is 0 Å². The second-order valence-corrected chi connectivity index (χ2v) is 4.08. The number of hydrogen-bond acceptors (Lipinski definition) is 1. The number of aromatic nitrogens is 1. The van der Waals surface area contributed by atoms with Crippen LogP contribution in [0.1, 0.15) is 18.9 Å². The minimum Gasteiger partial charge on any atom is -0.321 e. The molecule has 2 nitrogen and oxygen atoms in total. The molecule has 0 amide bonds. The molecule has 0 aliphatic heterocycles. The van der Waals surface area contributed by atoms with E-state index < -0.39 is 0 Å². The third-order valence-corrected chi connectivity index (χ3v) is 3.07. The summed E-state index contributed by atoms with van der Waals surface area (Å²) in [6.07, 6.45) is 5.50. The van der Waals surface area contributed by atoms with Crippen LogP contribution in [-0.4, -0.2) is 17.5 Å². The highest BCUT2D eigenvalue weighted by Gasteiger charge is 2.08. The van der Waals surface area contributed by atoms with E-state index in [0.29, 0.717) is 6.04 Å². The first-order chi connectivity index (χ1) is 7.74. The van der Waals surface area contributed by atoms with Crippen LogP contribution in [0.25, 0.3) is 5.52 Å². The van der Waals surface area contributed by atoms with E-state index in [4.69, 9.17) is 0 Å². The molecule has 0 radical (unpaired) electrons. The molecule has 0 aliphatic carbocycles. The minimum absolute atomic E-state index is 0.199. The van der Waals surface area contributed by atoms with Crippen LogP contribution in [0.5, 0.6) is 0 Å². The zero-order chi connectivity index (χ0) is 11.5. The van der Waals surface area contributed by atoms with Crippen LogP contribution >= 0.6 is 0 Å². The van der Waals surface area contributed by atoms with Crippen LogP contribution < -0.4 is 5.32 Å². The third-order valence-electron chi connectivity index (χ3n) is 3.07. The summed E-state index contributed by atoms with van der Waals surface area (Å²) in [7, 11) is 1.98. The second kappa shape index (κ2) is 4.66. The van der Waals surface area contributed by atoms with E-state index in [0.717, 1.165) is 18.4 Å². The van der Waals surface area contributed by atoms with Gasteiger partial charge in [-0.15, -0.1) is 0 Å². The minimum atomic E-state index is -0.199. The number of hydrogen-bond donors (Lipinski definition) is 1. The van der Waals surface area contributed by atoms with Gasteiger partial charge in [0.2, 0.25) is 0 Å². The number of nitrogens with zero attached hydrogens (tertiary/aromatic N) is 1. The van der Waals surface area contributed by atoms with Crippen LogP contribution in [0.2, 0.25) is 0 Å². The molecule has 0 spiro atoms. The molecule has 0 aromatic carbocycles. The lowest BCUT2D eigenvalue weighted by Gasteiger charge is -2.12. The Kier molecular flexibility index (Phi) is 3.25. The number of rotatable bonds is 4. The van der Waals surface area contributed by atoms with Crippen molar-refractivity contribution in [3.05, 3.63) is 42.0 Å². The molecule has 2 aromatic heterocycles. The lowest BCUT2D eigenvalue weighted by molar-refractivity contribution is 0.545. The Balaban J connectivity index is 2.31. The number of nitrogens with one attached hydrogen (secondary N) is 1. The highest BCUT2D eigenvalue weighted by Crippen LogP contribution is 2.16. The normalized spacial score (nSPS) is 13.2. The van der Waals surface area contributed by atoms with E-state index in [1.54, 1.807) is 0 Å². The summed E-state index contributed by atoms with van der Waals surface area (Å²) in [5.41, 5.74) is 2.36. The van der Waals surface area contributed by atoms with Crippen molar-refractivity contribution in [2.75, 3.05) is 7.05 Å². The molecule has 0 saturated carbocycles. The average molecular weight is 220 g/mol. The molecule has 1 atom stereocenters. The molecule has 3 heteroatoms. The maximum atomic E-state index is 13.0. The lowest BCUT2D eigenvalue weighted by atomic mass is 10.1. The Hall–Kier alpha value is -1.35. The van der Waals surface area contributed by atoms with Crippen LogP contribution in [0.15, 0.2) is 30.6 Å². The second-order valence-electron chi connectivity index (χ2n) is 4.08. The van der Waals surface area contributed by atoms with Gasteiger partial charge in [-0.05, 0) is 43.7 Å². The summed E-state index contributed by atoms with van der Waals surface area (Å²) < 4.78 is 14.8. The number of likely N-dealkylation sites (N-methyl/N-ethyl adjacent to an activating group) is 1. The van der Waals surface area contributed by atoms with Crippen molar-refractivity contribution in [2.45, 2.75) is 25.8 Å². The van der Waals surface area contributed by atoms with E-state index in [1.165, 1.54) is 17.8 Å². The van der Waals surface area contributed by atoms with Gasteiger partial charge in [0.25, 0.3) is 0 Å². The Bertz CT molecular complexity index is 472. The zero-order valence-corrected chi connectivity index (χ0v) is 9.70. The van der Waals surface area contributed by atoms with Crippen molar-refractivity contribution in [1.82, 2.24) is 9.72 Å². The topological polar surface area (TPSA) is 16.4 Å². The fourth-order valence-electron chi connectivity index (χ4n) is 2.03. The molecule has 0 saturated heterocycles. The van der Waals surface area contributed by atoms with Crippen molar-refractivity contribution in [2.24, 2.45) is 0 Å². The zero-order valence-electron chi connectivity index (χ0n) is 9.70. The van der Waals surface area contributed by atoms with Crippen molar-refractivity contribution in [3.63, 3.8) is 0 Å². The summed E-state index contributed by atoms with van der Waals surface area (Å²) in [5.74, 6) is -0.199. The molecular formula is C13H17FN2. The molecule has 0 aliphatic rings. The molecule has 2 heterocycles. The van der Waals surface area contributed by atoms with Gasteiger partial charge in [0, 0.05) is 24.0 Å². The predicted octanol–water partition coefficient (Wildman–Crippen LogP) is 2.62. The summed E-state index contributed by atoms with van der Waals surface area (Å²) >= 11 is 0. The summed E-state index contributed by atoms with van der Waals surface area (Å²) in [4.78, 5) is 0. The Labute approximate surface area is 95.1 Å². The Morgan fingerprint density at radius 2 is 2.19 bits per heavy atom. The van der Waals surface area contributed by atoms with Crippen molar-refractivity contribution < 1.29 is 4.39 Å². The first-order valence-corrected chi connectivity index (χ1v) is 5.67. The van der Waals surface area contributed by atoms with E-state index in [9.17, 15) is 4.39 Å². The van der Waals surface area contributed by atoms with Crippen molar-refractivity contribution in [1.29, 1.82) is 0 Å². The molecule has 1 unspecified atom stereocenters. The number of pyridine rings is 1. The molecule has 86 valence electrons. The van der Waals surface area contributed by atoms with Gasteiger partial charge >= 0.3 is 0 Å². The summed E-state index contributed by atoms with van der Waals surface area (Å²) in [6.45, 7) is 2.17. The van der Waals surface area contributed by atoms with Crippen LogP contribution in [-0.2, 0) is 6.42 Å².